The number of nitrogens with zero attached hydrogens (tertiary/aromatic N) is 3. The molecule has 26 heavy (non-hydrogen) atoms. The second-order valence-electron chi connectivity index (χ2n) is 6.72. The van der Waals surface area contributed by atoms with E-state index in [0.29, 0.717) is 16.8 Å². The number of rotatable bonds is 3. The lowest BCUT2D eigenvalue weighted by Crippen LogP contribution is -2.30. The van der Waals surface area contributed by atoms with Gasteiger partial charge in [0.15, 0.2) is 5.17 Å². The van der Waals surface area contributed by atoms with Gasteiger partial charge in [0, 0.05) is 29.6 Å². The van der Waals surface area contributed by atoms with Crippen molar-refractivity contribution in [2.75, 3.05) is 26.5 Å². The smallest absolute Gasteiger partial charge is 0.213 e. The van der Waals surface area contributed by atoms with Crippen molar-refractivity contribution in [2.24, 2.45) is 10.9 Å². The number of amidine groups is 1. The molecule has 1 saturated carbocycles. The summed E-state index contributed by atoms with van der Waals surface area (Å²) in [4.78, 5) is 11.2. The van der Waals surface area contributed by atoms with E-state index in [4.69, 9.17) is 21.3 Å². The van der Waals surface area contributed by atoms with Crippen molar-refractivity contribution in [1.82, 2.24) is 9.88 Å². The Labute approximate surface area is 161 Å². The molecule has 2 aliphatic rings. The molecule has 4 rings (SSSR count). The second kappa shape index (κ2) is 6.74. The largest absolute Gasteiger partial charge is 0.481 e. The summed E-state index contributed by atoms with van der Waals surface area (Å²) in [6, 6.07) is 8.45. The number of aliphatic imine (C=N–C) groups is 1. The predicted molar refractivity (Wildman–Crippen MR) is 104 cm³/mol. The monoisotopic (exact) mass is 391 g/mol. The molecule has 4 nitrogen and oxygen atoms in total. The van der Waals surface area contributed by atoms with Crippen molar-refractivity contribution >= 4 is 34.2 Å². The van der Waals surface area contributed by atoms with Crippen molar-refractivity contribution < 1.29 is 9.13 Å². The molecule has 2 fully saturated rings. The maximum absolute atomic E-state index is 13.4. The summed E-state index contributed by atoms with van der Waals surface area (Å²) in [6.07, 6.45) is 4.83. The van der Waals surface area contributed by atoms with Gasteiger partial charge < -0.3 is 9.64 Å². The van der Waals surface area contributed by atoms with Crippen LogP contribution in [-0.4, -0.2) is 41.5 Å². The number of halogens is 2. The standard InChI is InChI=1S/C19H19ClFN3OS/c1-25-17-6-4-14(9-22-17)23-18(26-2)24-10-12-8-19(12,11-24)15-5-3-13(21)7-16(15)20/h3-7,9,12H,8,10-11H2,1-2H3/t12-,19-/m0/s1. The van der Waals surface area contributed by atoms with E-state index in [1.807, 2.05) is 18.4 Å². The van der Waals surface area contributed by atoms with Gasteiger partial charge in [0.05, 0.1) is 19.0 Å². The van der Waals surface area contributed by atoms with Gasteiger partial charge in [-0.1, -0.05) is 29.4 Å². The van der Waals surface area contributed by atoms with Gasteiger partial charge in [-0.2, -0.15) is 0 Å². The quantitative estimate of drug-likeness (QED) is 0.570. The van der Waals surface area contributed by atoms with Crippen LogP contribution in [0.1, 0.15) is 12.0 Å². The Morgan fingerprint density at radius 2 is 2.27 bits per heavy atom. The Kier molecular flexibility index (Phi) is 4.57. The van der Waals surface area contributed by atoms with Gasteiger partial charge in [0.1, 0.15) is 5.82 Å². The van der Waals surface area contributed by atoms with E-state index >= 15 is 0 Å². The fourth-order valence-corrected chi connectivity index (χ4v) is 4.80. The summed E-state index contributed by atoms with van der Waals surface area (Å²) >= 11 is 7.95. The van der Waals surface area contributed by atoms with E-state index in [1.54, 1.807) is 31.1 Å². The Morgan fingerprint density at radius 1 is 1.42 bits per heavy atom. The molecule has 2 heterocycles. The van der Waals surface area contributed by atoms with Gasteiger partial charge in [-0.25, -0.2) is 14.4 Å². The van der Waals surface area contributed by atoms with E-state index in [9.17, 15) is 4.39 Å². The fourth-order valence-electron chi connectivity index (χ4n) is 3.85. The molecule has 0 unspecified atom stereocenters. The highest BCUT2D eigenvalue weighted by Gasteiger charge is 2.61. The van der Waals surface area contributed by atoms with Crippen LogP contribution in [0, 0.1) is 11.7 Å². The molecule has 2 atom stereocenters. The Hall–Kier alpha value is -1.79. The zero-order chi connectivity index (χ0) is 18.3. The van der Waals surface area contributed by atoms with Crippen molar-refractivity contribution in [2.45, 2.75) is 11.8 Å². The normalized spacial score (nSPS) is 24.5. The number of pyridine rings is 1. The molecular formula is C19H19ClFN3OS. The molecule has 1 aliphatic carbocycles. The molecule has 1 aromatic carbocycles. The van der Waals surface area contributed by atoms with Crippen LogP contribution in [0.15, 0.2) is 41.5 Å². The first-order chi connectivity index (χ1) is 12.6. The third-order valence-corrected chi connectivity index (χ3v) is 6.25. The lowest BCUT2D eigenvalue weighted by molar-refractivity contribution is 0.398. The van der Waals surface area contributed by atoms with E-state index in [0.717, 1.165) is 35.9 Å². The molecule has 0 bridgehead atoms. The van der Waals surface area contributed by atoms with Gasteiger partial charge in [-0.05, 0) is 42.4 Å². The third-order valence-electron chi connectivity index (χ3n) is 5.22. The van der Waals surface area contributed by atoms with Crippen LogP contribution in [0.5, 0.6) is 5.88 Å². The van der Waals surface area contributed by atoms with Crippen molar-refractivity contribution in [1.29, 1.82) is 0 Å². The molecule has 1 saturated heterocycles. The summed E-state index contributed by atoms with van der Waals surface area (Å²) in [5, 5.41) is 1.48. The average Bonchev–Trinajstić information content (AvgIpc) is 3.20. The number of thioether (sulfide) groups is 1. The molecule has 1 aliphatic heterocycles. The lowest BCUT2D eigenvalue weighted by atomic mass is 9.95. The lowest BCUT2D eigenvalue weighted by Gasteiger charge is -2.24. The number of hydrogen-bond acceptors (Lipinski definition) is 4. The van der Waals surface area contributed by atoms with Crippen LogP contribution in [0.3, 0.4) is 0 Å². The molecule has 0 N–H and O–H groups in total. The predicted octanol–water partition coefficient (Wildman–Crippen LogP) is 4.51. The zero-order valence-corrected chi connectivity index (χ0v) is 16.1. The summed E-state index contributed by atoms with van der Waals surface area (Å²) in [6.45, 7) is 1.79. The maximum Gasteiger partial charge on any atom is 0.213 e. The molecule has 1 aromatic heterocycles. The first-order valence-electron chi connectivity index (χ1n) is 8.39. The highest BCUT2D eigenvalue weighted by molar-refractivity contribution is 8.13. The van der Waals surface area contributed by atoms with Crippen LogP contribution >= 0.6 is 23.4 Å². The number of likely N-dealkylation sites (tertiary alicyclic amines) is 1. The minimum Gasteiger partial charge on any atom is -0.481 e. The molecule has 136 valence electrons. The number of benzene rings is 1. The Morgan fingerprint density at radius 3 is 2.92 bits per heavy atom. The van der Waals surface area contributed by atoms with Gasteiger partial charge in [0.2, 0.25) is 5.88 Å². The first kappa shape index (κ1) is 17.6. The average molecular weight is 392 g/mol. The van der Waals surface area contributed by atoms with Gasteiger partial charge >= 0.3 is 0 Å². The topological polar surface area (TPSA) is 37.7 Å². The summed E-state index contributed by atoms with van der Waals surface area (Å²) < 4.78 is 18.5. The molecule has 0 radical (unpaired) electrons. The van der Waals surface area contributed by atoms with Crippen LogP contribution in [-0.2, 0) is 5.41 Å². The van der Waals surface area contributed by atoms with Crippen LogP contribution in [0.2, 0.25) is 5.02 Å². The highest BCUT2D eigenvalue weighted by atomic mass is 35.5. The molecular weight excluding hydrogens is 373 g/mol. The van der Waals surface area contributed by atoms with Gasteiger partial charge in [-0.15, -0.1) is 0 Å². The van der Waals surface area contributed by atoms with Crippen molar-refractivity contribution in [3.8, 4) is 5.88 Å². The van der Waals surface area contributed by atoms with Gasteiger partial charge in [0.25, 0.3) is 0 Å². The molecule has 7 heteroatoms. The van der Waals surface area contributed by atoms with E-state index < -0.39 is 0 Å². The zero-order valence-electron chi connectivity index (χ0n) is 14.6. The number of aromatic nitrogens is 1. The van der Waals surface area contributed by atoms with E-state index in [1.165, 1.54) is 12.1 Å². The maximum atomic E-state index is 13.4. The minimum atomic E-state index is -0.291. The first-order valence-corrected chi connectivity index (χ1v) is 9.99. The van der Waals surface area contributed by atoms with Crippen LogP contribution in [0.25, 0.3) is 0 Å². The fraction of sp³-hybridized carbons (Fsp3) is 0.368. The Balaban J connectivity index is 1.56. The van der Waals surface area contributed by atoms with Gasteiger partial charge in [-0.3, -0.25) is 0 Å². The van der Waals surface area contributed by atoms with E-state index in [2.05, 4.69) is 9.88 Å². The summed E-state index contributed by atoms with van der Waals surface area (Å²) in [5.41, 5.74) is 1.88. The highest BCUT2D eigenvalue weighted by Crippen LogP contribution is 2.60. The minimum absolute atomic E-state index is 0.0272. The Bertz CT molecular complexity index is 860. The second-order valence-corrected chi connectivity index (χ2v) is 7.90. The summed E-state index contributed by atoms with van der Waals surface area (Å²) in [7, 11) is 1.59. The molecule has 2 aromatic rings. The molecule has 0 amide bonds. The third kappa shape index (κ3) is 3.05. The van der Waals surface area contributed by atoms with Crippen LogP contribution in [0.4, 0.5) is 10.1 Å². The van der Waals surface area contributed by atoms with Crippen LogP contribution < -0.4 is 4.74 Å². The number of fused-ring (bicyclic) bond motifs is 1. The SMILES string of the molecule is COc1ccc(N=C(SC)N2C[C@@H]3C[C@]3(c3ccc(F)cc3Cl)C2)cn1. The van der Waals surface area contributed by atoms with E-state index in [-0.39, 0.29) is 11.2 Å². The molecule has 0 spiro atoms. The van der Waals surface area contributed by atoms with Crippen molar-refractivity contribution in [3.63, 3.8) is 0 Å². The number of methoxy groups -OCH3 is 1. The number of hydrogen-bond donors (Lipinski definition) is 0. The number of ether oxygens (including phenoxy) is 1. The van der Waals surface area contributed by atoms with Crippen molar-refractivity contribution in [3.05, 3.63) is 52.9 Å². The summed E-state index contributed by atoms with van der Waals surface area (Å²) in [5.74, 6) is 0.819. The number of piperidine rings is 1.